The molecule has 0 aromatic carbocycles. The molecule has 1 aliphatic heterocycles. The molecular weight excluding hydrogens is 318 g/mol. The average Bonchev–Trinajstić information content (AvgIpc) is 2.88. The molecule has 3 rings (SSSR count). The topological polar surface area (TPSA) is 81.1 Å². The van der Waals surface area contributed by atoms with Crippen molar-refractivity contribution in [3.05, 3.63) is 11.6 Å². The minimum Gasteiger partial charge on any atom is -0.376 e. The Balaban J connectivity index is 1.39. The van der Waals surface area contributed by atoms with Crippen molar-refractivity contribution in [2.75, 3.05) is 13.2 Å². The SMILES string of the molecule is CCc1nc2n(n1)CCCC2NC(=O)NCCOC1CCCCCC1. The van der Waals surface area contributed by atoms with Crippen LogP contribution in [0, 0.1) is 0 Å². The molecule has 1 aliphatic carbocycles. The van der Waals surface area contributed by atoms with Gasteiger partial charge in [0.1, 0.15) is 5.82 Å². The van der Waals surface area contributed by atoms with E-state index in [1.807, 2.05) is 11.6 Å². The van der Waals surface area contributed by atoms with E-state index >= 15 is 0 Å². The molecule has 2 heterocycles. The van der Waals surface area contributed by atoms with Gasteiger partial charge in [-0.15, -0.1) is 0 Å². The van der Waals surface area contributed by atoms with Gasteiger partial charge in [0.25, 0.3) is 0 Å². The van der Waals surface area contributed by atoms with Crippen molar-refractivity contribution in [3.63, 3.8) is 0 Å². The highest BCUT2D eigenvalue weighted by molar-refractivity contribution is 5.74. The van der Waals surface area contributed by atoms with E-state index in [4.69, 9.17) is 4.74 Å². The predicted molar refractivity (Wildman–Crippen MR) is 95.4 cm³/mol. The van der Waals surface area contributed by atoms with E-state index in [0.29, 0.717) is 19.3 Å². The van der Waals surface area contributed by atoms with Crippen molar-refractivity contribution >= 4 is 6.03 Å². The van der Waals surface area contributed by atoms with E-state index < -0.39 is 0 Å². The molecule has 0 radical (unpaired) electrons. The van der Waals surface area contributed by atoms with Crippen LogP contribution in [0.25, 0.3) is 0 Å². The molecule has 7 heteroatoms. The van der Waals surface area contributed by atoms with Crippen LogP contribution in [0.2, 0.25) is 0 Å². The van der Waals surface area contributed by atoms with Crippen LogP contribution in [0.1, 0.15) is 76.0 Å². The summed E-state index contributed by atoms with van der Waals surface area (Å²) in [7, 11) is 0. The van der Waals surface area contributed by atoms with E-state index in [-0.39, 0.29) is 12.1 Å². The molecule has 1 unspecified atom stereocenters. The predicted octanol–water partition coefficient (Wildman–Crippen LogP) is 2.71. The summed E-state index contributed by atoms with van der Waals surface area (Å²) in [5, 5.41) is 10.4. The lowest BCUT2D eigenvalue weighted by molar-refractivity contribution is 0.0460. The number of amides is 2. The monoisotopic (exact) mass is 349 g/mol. The summed E-state index contributed by atoms with van der Waals surface area (Å²) < 4.78 is 7.84. The molecule has 2 N–H and O–H groups in total. The smallest absolute Gasteiger partial charge is 0.315 e. The number of fused-ring (bicyclic) bond motifs is 1. The van der Waals surface area contributed by atoms with Gasteiger partial charge >= 0.3 is 6.03 Å². The van der Waals surface area contributed by atoms with E-state index in [1.54, 1.807) is 0 Å². The molecule has 140 valence electrons. The van der Waals surface area contributed by atoms with Crippen LogP contribution >= 0.6 is 0 Å². The van der Waals surface area contributed by atoms with Gasteiger partial charge in [-0.1, -0.05) is 32.6 Å². The lowest BCUT2D eigenvalue weighted by atomic mass is 10.1. The molecule has 1 aromatic heterocycles. The Morgan fingerprint density at radius 3 is 2.76 bits per heavy atom. The molecule has 7 nitrogen and oxygen atoms in total. The van der Waals surface area contributed by atoms with Crippen LogP contribution in [0.4, 0.5) is 4.79 Å². The van der Waals surface area contributed by atoms with Crippen LogP contribution in [0.5, 0.6) is 0 Å². The first-order chi connectivity index (χ1) is 12.3. The van der Waals surface area contributed by atoms with E-state index in [9.17, 15) is 4.79 Å². The second-order valence-electron chi connectivity index (χ2n) is 7.04. The van der Waals surface area contributed by atoms with Crippen LogP contribution < -0.4 is 10.6 Å². The standard InChI is InChI=1S/C18H31N5O2/c1-2-16-21-17-15(10-7-12-23(17)22-16)20-18(24)19-11-13-25-14-8-5-3-4-6-9-14/h14-15H,2-13H2,1H3,(H2,19,20,24). The number of nitrogens with zero attached hydrogens (tertiary/aromatic N) is 3. The lowest BCUT2D eigenvalue weighted by Crippen LogP contribution is -2.41. The molecule has 25 heavy (non-hydrogen) atoms. The molecule has 1 atom stereocenters. The Labute approximate surface area is 149 Å². The molecule has 0 bridgehead atoms. The first kappa shape index (κ1) is 18.2. The van der Waals surface area contributed by atoms with Gasteiger partial charge in [0.15, 0.2) is 5.82 Å². The quantitative estimate of drug-likeness (QED) is 0.611. The van der Waals surface area contributed by atoms with Gasteiger partial charge in [0, 0.05) is 19.5 Å². The fraction of sp³-hybridized carbons (Fsp3) is 0.833. The number of hydrogen-bond acceptors (Lipinski definition) is 4. The second-order valence-corrected chi connectivity index (χ2v) is 7.04. The minimum absolute atomic E-state index is 0.0516. The van der Waals surface area contributed by atoms with Gasteiger partial charge in [-0.2, -0.15) is 5.10 Å². The first-order valence-electron chi connectivity index (χ1n) is 9.86. The van der Waals surface area contributed by atoms with Crippen molar-refractivity contribution in [2.24, 2.45) is 0 Å². The fourth-order valence-corrected chi connectivity index (χ4v) is 3.69. The van der Waals surface area contributed by atoms with Crippen LogP contribution in [0.15, 0.2) is 0 Å². The number of urea groups is 1. The number of aryl methyl sites for hydroxylation is 2. The molecule has 2 aliphatic rings. The third kappa shape index (κ3) is 5.17. The highest BCUT2D eigenvalue weighted by Gasteiger charge is 2.25. The summed E-state index contributed by atoms with van der Waals surface area (Å²) in [5.41, 5.74) is 0. The lowest BCUT2D eigenvalue weighted by Gasteiger charge is -2.23. The Kier molecular flexibility index (Phi) is 6.67. The molecule has 0 spiro atoms. The molecule has 2 amide bonds. The number of carbonyl (C=O) groups excluding carboxylic acids is 1. The van der Waals surface area contributed by atoms with Gasteiger partial charge in [-0.05, 0) is 25.7 Å². The zero-order chi connectivity index (χ0) is 17.5. The molecular formula is C18H31N5O2. The summed E-state index contributed by atoms with van der Waals surface area (Å²) in [6, 6.07) is -0.201. The van der Waals surface area contributed by atoms with E-state index in [1.165, 1.54) is 25.7 Å². The highest BCUT2D eigenvalue weighted by Crippen LogP contribution is 2.23. The number of carbonyl (C=O) groups is 1. The van der Waals surface area contributed by atoms with Crippen molar-refractivity contribution in [2.45, 2.75) is 83.4 Å². The number of ether oxygens (including phenoxy) is 1. The zero-order valence-corrected chi connectivity index (χ0v) is 15.3. The first-order valence-corrected chi connectivity index (χ1v) is 9.86. The van der Waals surface area contributed by atoms with Crippen LogP contribution in [-0.4, -0.2) is 40.1 Å². The van der Waals surface area contributed by atoms with Gasteiger partial charge < -0.3 is 15.4 Å². The van der Waals surface area contributed by atoms with Crippen molar-refractivity contribution in [1.29, 1.82) is 0 Å². The number of rotatable bonds is 6. The largest absolute Gasteiger partial charge is 0.376 e. The summed E-state index contributed by atoms with van der Waals surface area (Å²) in [5.74, 6) is 1.73. The Hall–Kier alpha value is -1.63. The highest BCUT2D eigenvalue weighted by atomic mass is 16.5. The van der Waals surface area contributed by atoms with Gasteiger partial charge in [-0.3, -0.25) is 0 Å². The minimum atomic E-state index is -0.149. The van der Waals surface area contributed by atoms with Crippen molar-refractivity contribution in [1.82, 2.24) is 25.4 Å². The molecule has 1 saturated carbocycles. The van der Waals surface area contributed by atoms with Crippen molar-refractivity contribution < 1.29 is 9.53 Å². The normalized spacial score (nSPS) is 21.4. The Bertz CT molecular complexity index is 552. The maximum Gasteiger partial charge on any atom is 0.315 e. The Morgan fingerprint density at radius 2 is 2.00 bits per heavy atom. The van der Waals surface area contributed by atoms with Gasteiger partial charge in [0.05, 0.1) is 18.8 Å². The maximum absolute atomic E-state index is 12.2. The average molecular weight is 349 g/mol. The van der Waals surface area contributed by atoms with Gasteiger partial charge in [0.2, 0.25) is 0 Å². The van der Waals surface area contributed by atoms with E-state index in [0.717, 1.165) is 50.3 Å². The number of hydrogen-bond donors (Lipinski definition) is 2. The second kappa shape index (κ2) is 9.17. The zero-order valence-electron chi connectivity index (χ0n) is 15.3. The summed E-state index contributed by atoms with van der Waals surface area (Å²) in [6.07, 6.45) is 10.6. The molecule has 1 aromatic rings. The molecule has 1 fully saturated rings. The molecule has 0 saturated heterocycles. The van der Waals surface area contributed by atoms with Crippen LogP contribution in [0.3, 0.4) is 0 Å². The van der Waals surface area contributed by atoms with E-state index in [2.05, 4.69) is 20.7 Å². The third-order valence-electron chi connectivity index (χ3n) is 5.08. The number of aromatic nitrogens is 3. The maximum atomic E-state index is 12.2. The summed E-state index contributed by atoms with van der Waals surface area (Å²) in [6.45, 7) is 4.06. The summed E-state index contributed by atoms with van der Waals surface area (Å²) in [4.78, 5) is 16.7. The number of nitrogens with one attached hydrogen (secondary N) is 2. The van der Waals surface area contributed by atoms with Crippen molar-refractivity contribution in [3.8, 4) is 0 Å². The van der Waals surface area contributed by atoms with Gasteiger partial charge in [-0.25, -0.2) is 14.5 Å². The summed E-state index contributed by atoms with van der Waals surface area (Å²) >= 11 is 0. The Morgan fingerprint density at radius 1 is 1.20 bits per heavy atom. The fourth-order valence-electron chi connectivity index (χ4n) is 3.69. The third-order valence-corrected chi connectivity index (χ3v) is 5.08. The van der Waals surface area contributed by atoms with Crippen LogP contribution in [-0.2, 0) is 17.7 Å².